The van der Waals surface area contributed by atoms with Crippen molar-refractivity contribution < 1.29 is 24.7 Å². The third-order valence-corrected chi connectivity index (χ3v) is 6.22. The Hall–Kier alpha value is -3.03. The van der Waals surface area contributed by atoms with E-state index in [4.69, 9.17) is 5.21 Å². The predicted octanol–water partition coefficient (Wildman–Crippen LogP) is 4.04. The molecule has 0 heterocycles. The lowest BCUT2D eigenvalue weighted by molar-refractivity contribution is -0.147. The fraction of sp³-hybridized carbons (Fsp3) is 0.464. The highest BCUT2D eigenvalue weighted by atomic mass is 16.5. The molecule has 0 unspecified atom stereocenters. The average molecular weight is 483 g/mol. The number of benzene rings is 2. The molecule has 0 aliphatic heterocycles. The molecule has 35 heavy (non-hydrogen) atoms. The summed E-state index contributed by atoms with van der Waals surface area (Å²) in [4.78, 5) is 38.8. The fourth-order valence-corrected chi connectivity index (χ4v) is 4.23. The molecule has 0 radical (unpaired) electrons. The summed E-state index contributed by atoms with van der Waals surface area (Å²) in [6, 6.07) is 18.8. The van der Waals surface area contributed by atoms with Gasteiger partial charge >= 0.3 is 0 Å². The van der Waals surface area contributed by atoms with Crippen molar-refractivity contribution in [3.8, 4) is 0 Å². The number of aliphatic hydroxyl groups is 1. The first-order chi connectivity index (χ1) is 16.5. The molecule has 0 aromatic heterocycles. The first-order valence-corrected chi connectivity index (χ1v) is 12.0. The van der Waals surface area contributed by atoms with Crippen LogP contribution in [0.1, 0.15) is 64.6 Å². The number of aliphatic hydroxyl groups excluding tert-OH is 1. The maximum atomic E-state index is 13.6. The Balaban J connectivity index is 2.34. The van der Waals surface area contributed by atoms with Crippen molar-refractivity contribution >= 4 is 17.6 Å². The van der Waals surface area contributed by atoms with Gasteiger partial charge in [0, 0.05) is 12.3 Å². The molecule has 0 aliphatic rings. The van der Waals surface area contributed by atoms with Crippen molar-refractivity contribution in [2.24, 2.45) is 23.2 Å². The number of hydrogen-bond donors (Lipinski definition) is 4. The number of rotatable bonds is 11. The number of hydroxylamine groups is 1. The zero-order chi connectivity index (χ0) is 26.2. The van der Waals surface area contributed by atoms with E-state index in [1.54, 1.807) is 0 Å². The number of hydrogen-bond acceptors (Lipinski definition) is 5. The molecule has 2 amide bonds. The molecule has 2 aromatic carbocycles. The van der Waals surface area contributed by atoms with E-state index >= 15 is 0 Å². The van der Waals surface area contributed by atoms with Gasteiger partial charge in [0.05, 0.1) is 12.0 Å². The summed E-state index contributed by atoms with van der Waals surface area (Å²) in [5, 5.41) is 22.5. The summed E-state index contributed by atoms with van der Waals surface area (Å²) in [7, 11) is 0. The average Bonchev–Trinajstić information content (AvgIpc) is 2.83. The van der Waals surface area contributed by atoms with Gasteiger partial charge in [-0.3, -0.25) is 19.6 Å². The van der Waals surface area contributed by atoms with E-state index in [9.17, 15) is 19.5 Å². The normalized spacial score (nSPS) is 14.3. The van der Waals surface area contributed by atoms with E-state index in [0.717, 1.165) is 11.1 Å². The molecule has 0 aliphatic carbocycles. The van der Waals surface area contributed by atoms with Gasteiger partial charge in [0.25, 0.3) is 5.91 Å². The topological polar surface area (TPSA) is 116 Å². The molecule has 0 spiro atoms. The van der Waals surface area contributed by atoms with E-state index in [1.165, 1.54) is 5.48 Å². The molecule has 0 bridgehead atoms. The largest absolute Gasteiger partial charge is 0.382 e. The zero-order valence-corrected chi connectivity index (χ0v) is 21.2. The van der Waals surface area contributed by atoms with Crippen molar-refractivity contribution in [2.45, 2.75) is 59.6 Å². The fourth-order valence-electron chi connectivity index (χ4n) is 4.23. The van der Waals surface area contributed by atoms with Crippen LogP contribution in [0.3, 0.4) is 0 Å². The highest BCUT2D eigenvalue weighted by molar-refractivity contribution is 5.93. The van der Waals surface area contributed by atoms with Gasteiger partial charge in [-0.25, -0.2) is 5.48 Å². The molecule has 0 fully saturated rings. The molecule has 4 N–H and O–H groups in total. The van der Waals surface area contributed by atoms with Crippen molar-refractivity contribution in [2.75, 3.05) is 0 Å². The van der Waals surface area contributed by atoms with Gasteiger partial charge in [0.15, 0.2) is 0 Å². The van der Waals surface area contributed by atoms with Crippen LogP contribution in [0.5, 0.6) is 0 Å². The maximum Gasteiger partial charge on any atom is 0.272 e. The first-order valence-electron chi connectivity index (χ1n) is 12.0. The Labute approximate surface area is 207 Å². The highest BCUT2D eigenvalue weighted by Gasteiger charge is 2.39. The van der Waals surface area contributed by atoms with Crippen LogP contribution in [0.25, 0.3) is 0 Å². The molecular formula is C28H38N2O5. The molecule has 3 atom stereocenters. The number of nitrogens with one attached hydrogen (secondary N) is 2. The summed E-state index contributed by atoms with van der Waals surface area (Å²) in [5.41, 5.74) is 2.69. The molecule has 2 aromatic rings. The van der Waals surface area contributed by atoms with E-state index in [-0.39, 0.29) is 30.4 Å². The number of ketones is 1. The van der Waals surface area contributed by atoms with Gasteiger partial charge in [-0.05, 0) is 28.9 Å². The van der Waals surface area contributed by atoms with Crippen molar-refractivity contribution in [1.82, 2.24) is 10.8 Å². The quantitative estimate of drug-likeness (QED) is 0.285. The maximum absolute atomic E-state index is 13.6. The summed E-state index contributed by atoms with van der Waals surface area (Å²) in [6.07, 6.45) is -1.58. The molecule has 7 nitrogen and oxygen atoms in total. The van der Waals surface area contributed by atoms with E-state index < -0.39 is 35.3 Å². The number of Topliss-reactive ketones (excluding diaryl/α,β-unsaturated/α-hetero) is 1. The molecule has 0 saturated carbocycles. The Morgan fingerprint density at radius 3 is 1.74 bits per heavy atom. The summed E-state index contributed by atoms with van der Waals surface area (Å²) < 4.78 is 0. The van der Waals surface area contributed by atoms with Gasteiger partial charge in [0.2, 0.25) is 5.91 Å². The van der Waals surface area contributed by atoms with Crippen molar-refractivity contribution in [1.29, 1.82) is 0 Å². The van der Waals surface area contributed by atoms with Crippen molar-refractivity contribution in [3.05, 3.63) is 71.8 Å². The predicted molar refractivity (Wildman–Crippen MR) is 134 cm³/mol. The molecular weight excluding hydrogens is 444 g/mol. The second-order valence-corrected chi connectivity index (χ2v) is 10.5. The third-order valence-electron chi connectivity index (χ3n) is 6.22. The molecule has 2 rings (SSSR count). The van der Waals surface area contributed by atoms with Gasteiger partial charge in [-0.2, -0.15) is 0 Å². The Morgan fingerprint density at radius 2 is 1.34 bits per heavy atom. The van der Waals surface area contributed by atoms with Crippen LogP contribution in [0.4, 0.5) is 0 Å². The van der Waals surface area contributed by atoms with Gasteiger partial charge in [-0.15, -0.1) is 0 Å². The van der Waals surface area contributed by atoms with Crippen LogP contribution in [-0.4, -0.2) is 34.0 Å². The second-order valence-electron chi connectivity index (χ2n) is 10.5. The lowest BCUT2D eigenvalue weighted by Crippen LogP contribution is -2.45. The standard InChI is InChI=1S/C28H38N2O5/c1-18(2)16-21(25(32)27(34)30-35)23(31)17-22(28(3,4)5)26(33)29-24(19-12-8-6-9-13-19)20-14-10-7-11-15-20/h6-15,18,21-22,24-25,32,35H,16-17H2,1-5H3,(H,29,33)(H,30,34)/t21-,22+,25-/m0/s1. The SMILES string of the molecule is CC(C)C[C@@H](C(=O)C[C@H](C(=O)NC(c1ccccc1)c1ccccc1)C(C)(C)C)[C@H](O)C(=O)NO. The minimum Gasteiger partial charge on any atom is -0.382 e. The number of amides is 2. The second kappa shape index (κ2) is 12.6. The number of carbonyl (C=O) groups is 3. The van der Waals surface area contributed by atoms with Crippen molar-refractivity contribution in [3.63, 3.8) is 0 Å². The van der Waals surface area contributed by atoms with E-state index in [0.29, 0.717) is 0 Å². The van der Waals surface area contributed by atoms with Crippen LogP contribution >= 0.6 is 0 Å². The third kappa shape index (κ3) is 8.01. The number of carbonyl (C=O) groups excluding carboxylic acids is 3. The van der Waals surface area contributed by atoms with Crippen LogP contribution < -0.4 is 10.8 Å². The van der Waals surface area contributed by atoms with E-state index in [2.05, 4.69) is 5.32 Å². The molecule has 0 saturated heterocycles. The summed E-state index contributed by atoms with van der Waals surface area (Å²) in [6.45, 7) is 9.42. The minimum atomic E-state index is -1.69. The van der Waals surface area contributed by atoms with Crippen LogP contribution in [0.15, 0.2) is 60.7 Å². The monoisotopic (exact) mass is 482 g/mol. The molecule has 7 heteroatoms. The van der Waals surface area contributed by atoms with Gasteiger partial charge in [0.1, 0.15) is 11.9 Å². The first kappa shape index (κ1) is 28.2. The lowest BCUT2D eigenvalue weighted by atomic mass is 9.74. The summed E-state index contributed by atoms with van der Waals surface area (Å²) >= 11 is 0. The highest BCUT2D eigenvalue weighted by Crippen LogP contribution is 2.33. The Bertz CT molecular complexity index is 930. The van der Waals surface area contributed by atoms with E-state index in [1.807, 2.05) is 95.3 Å². The lowest BCUT2D eigenvalue weighted by Gasteiger charge is -2.33. The Kier molecular flexibility index (Phi) is 10.2. The van der Waals surface area contributed by atoms with Gasteiger partial charge in [-0.1, -0.05) is 95.3 Å². The summed E-state index contributed by atoms with van der Waals surface area (Å²) in [5.74, 6) is -3.42. The van der Waals surface area contributed by atoms with Crippen LogP contribution in [0.2, 0.25) is 0 Å². The van der Waals surface area contributed by atoms with Gasteiger partial charge < -0.3 is 10.4 Å². The zero-order valence-electron chi connectivity index (χ0n) is 21.2. The van der Waals surface area contributed by atoms with Crippen LogP contribution in [-0.2, 0) is 14.4 Å². The Morgan fingerprint density at radius 1 is 0.857 bits per heavy atom. The minimum absolute atomic E-state index is 0.0209. The van der Waals surface area contributed by atoms with Crippen LogP contribution in [0, 0.1) is 23.2 Å². The smallest absolute Gasteiger partial charge is 0.272 e. The molecule has 190 valence electrons.